The average Bonchev–Trinajstić information content (AvgIpc) is 2.38. The first-order chi connectivity index (χ1) is 9.02. The molecule has 0 radical (unpaired) electrons. The van der Waals surface area contributed by atoms with Crippen LogP contribution in [0.4, 0.5) is 4.39 Å². The number of aryl methyl sites for hydroxylation is 1. The molecule has 0 saturated heterocycles. The van der Waals surface area contributed by atoms with Crippen molar-refractivity contribution in [3.05, 3.63) is 35.6 Å². The first kappa shape index (κ1) is 15.6. The van der Waals surface area contributed by atoms with Gasteiger partial charge in [0.2, 0.25) is 0 Å². The maximum absolute atomic E-state index is 12.7. The first-order valence-electron chi connectivity index (χ1n) is 6.70. The second-order valence-electron chi connectivity index (χ2n) is 5.13. The minimum atomic E-state index is -0.812. The number of aliphatic carboxylic acids is 1. The highest BCUT2D eigenvalue weighted by molar-refractivity contribution is 5.70. The van der Waals surface area contributed by atoms with Crippen molar-refractivity contribution in [3.8, 4) is 0 Å². The van der Waals surface area contributed by atoms with Crippen LogP contribution in [0.15, 0.2) is 24.3 Å². The Bertz CT molecular complexity index is 392. The molecule has 0 heterocycles. The van der Waals surface area contributed by atoms with Crippen LogP contribution in [0.3, 0.4) is 0 Å². The Morgan fingerprint density at radius 1 is 1.37 bits per heavy atom. The van der Waals surface area contributed by atoms with Crippen molar-refractivity contribution in [2.75, 3.05) is 6.54 Å². The average molecular weight is 267 g/mol. The number of carboxylic acid groups (broad SMARTS) is 1. The molecule has 3 N–H and O–H groups in total. The van der Waals surface area contributed by atoms with Crippen molar-refractivity contribution in [2.24, 2.45) is 17.6 Å². The molecule has 2 unspecified atom stereocenters. The van der Waals surface area contributed by atoms with Gasteiger partial charge in [-0.2, -0.15) is 0 Å². The quantitative estimate of drug-likeness (QED) is 0.761. The van der Waals surface area contributed by atoms with Crippen LogP contribution in [0.1, 0.15) is 31.7 Å². The highest BCUT2D eigenvalue weighted by Crippen LogP contribution is 2.18. The van der Waals surface area contributed by atoms with E-state index in [1.807, 2.05) is 0 Å². The molecule has 0 saturated carbocycles. The third kappa shape index (κ3) is 5.83. The Kier molecular flexibility index (Phi) is 6.50. The monoisotopic (exact) mass is 267 g/mol. The van der Waals surface area contributed by atoms with Crippen LogP contribution in [0.25, 0.3) is 0 Å². The fraction of sp³-hybridized carbons (Fsp3) is 0.533. The summed E-state index contributed by atoms with van der Waals surface area (Å²) in [5.41, 5.74) is 6.55. The van der Waals surface area contributed by atoms with E-state index in [-0.39, 0.29) is 12.4 Å². The van der Waals surface area contributed by atoms with Crippen molar-refractivity contribution in [3.63, 3.8) is 0 Å². The van der Waals surface area contributed by atoms with Crippen LogP contribution in [0, 0.1) is 17.7 Å². The SMILES string of the molecule is CC(CCCc1ccc(F)cc1)CC(CN)C(=O)O. The fourth-order valence-corrected chi connectivity index (χ4v) is 2.21. The molecule has 0 amide bonds. The van der Waals surface area contributed by atoms with Gasteiger partial charge in [0.05, 0.1) is 5.92 Å². The van der Waals surface area contributed by atoms with E-state index in [4.69, 9.17) is 10.8 Å². The molecule has 1 aromatic carbocycles. The fourth-order valence-electron chi connectivity index (χ4n) is 2.21. The maximum Gasteiger partial charge on any atom is 0.307 e. The molecule has 2 atom stereocenters. The summed E-state index contributed by atoms with van der Waals surface area (Å²) in [7, 11) is 0. The van der Waals surface area contributed by atoms with Crippen molar-refractivity contribution in [1.29, 1.82) is 0 Å². The van der Waals surface area contributed by atoms with Gasteiger partial charge in [0.15, 0.2) is 0 Å². The van der Waals surface area contributed by atoms with E-state index in [2.05, 4.69) is 6.92 Å². The van der Waals surface area contributed by atoms with E-state index in [9.17, 15) is 9.18 Å². The molecule has 0 spiro atoms. The van der Waals surface area contributed by atoms with Crippen LogP contribution in [-0.2, 0) is 11.2 Å². The molecule has 0 aromatic heterocycles. The second-order valence-corrected chi connectivity index (χ2v) is 5.13. The summed E-state index contributed by atoms with van der Waals surface area (Å²) in [5.74, 6) is -1.14. The summed E-state index contributed by atoms with van der Waals surface area (Å²) in [5, 5.41) is 8.94. The highest BCUT2D eigenvalue weighted by Gasteiger charge is 2.18. The lowest BCUT2D eigenvalue weighted by atomic mass is 9.91. The van der Waals surface area contributed by atoms with E-state index in [0.717, 1.165) is 24.8 Å². The van der Waals surface area contributed by atoms with Gasteiger partial charge in [0, 0.05) is 6.54 Å². The third-order valence-corrected chi connectivity index (χ3v) is 3.40. The summed E-state index contributed by atoms with van der Waals surface area (Å²) in [6.07, 6.45) is 3.45. The molecule has 1 aromatic rings. The third-order valence-electron chi connectivity index (χ3n) is 3.40. The van der Waals surface area contributed by atoms with Gasteiger partial charge >= 0.3 is 5.97 Å². The Hall–Kier alpha value is -1.42. The molecule has 0 fully saturated rings. The van der Waals surface area contributed by atoms with Crippen LogP contribution in [-0.4, -0.2) is 17.6 Å². The Morgan fingerprint density at radius 3 is 2.53 bits per heavy atom. The van der Waals surface area contributed by atoms with Crippen LogP contribution >= 0.6 is 0 Å². The van der Waals surface area contributed by atoms with Gasteiger partial charge < -0.3 is 10.8 Å². The van der Waals surface area contributed by atoms with Gasteiger partial charge in [0.1, 0.15) is 5.82 Å². The number of hydrogen-bond acceptors (Lipinski definition) is 2. The molecule has 19 heavy (non-hydrogen) atoms. The van der Waals surface area contributed by atoms with Crippen molar-refractivity contribution < 1.29 is 14.3 Å². The smallest absolute Gasteiger partial charge is 0.307 e. The van der Waals surface area contributed by atoms with Gasteiger partial charge in [0.25, 0.3) is 0 Å². The molecule has 0 bridgehead atoms. The molecular weight excluding hydrogens is 245 g/mol. The van der Waals surface area contributed by atoms with E-state index < -0.39 is 11.9 Å². The van der Waals surface area contributed by atoms with Crippen LogP contribution in [0.5, 0.6) is 0 Å². The number of benzene rings is 1. The largest absolute Gasteiger partial charge is 0.481 e. The van der Waals surface area contributed by atoms with Gasteiger partial charge in [-0.3, -0.25) is 4.79 Å². The van der Waals surface area contributed by atoms with Gasteiger partial charge in [-0.05, 0) is 42.9 Å². The van der Waals surface area contributed by atoms with Gasteiger partial charge in [-0.15, -0.1) is 0 Å². The van der Waals surface area contributed by atoms with Crippen LogP contribution in [0.2, 0.25) is 0 Å². The van der Waals surface area contributed by atoms with E-state index in [1.54, 1.807) is 12.1 Å². The predicted molar refractivity (Wildman–Crippen MR) is 73.3 cm³/mol. The van der Waals surface area contributed by atoms with Crippen molar-refractivity contribution in [2.45, 2.75) is 32.6 Å². The number of rotatable bonds is 8. The Morgan fingerprint density at radius 2 is 2.00 bits per heavy atom. The second kappa shape index (κ2) is 7.89. The lowest BCUT2D eigenvalue weighted by molar-refractivity contribution is -0.141. The highest BCUT2D eigenvalue weighted by atomic mass is 19.1. The first-order valence-corrected chi connectivity index (χ1v) is 6.70. The molecule has 0 aliphatic heterocycles. The van der Waals surface area contributed by atoms with Crippen LogP contribution < -0.4 is 5.73 Å². The number of hydrogen-bond donors (Lipinski definition) is 2. The molecule has 0 aliphatic carbocycles. The van der Waals surface area contributed by atoms with E-state index in [0.29, 0.717) is 12.3 Å². The zero-order valence-corrected chi connectivity index (χ0v) is 11.3. The summed E-state index contributed by atoms with van der Waals surface area (Å²) in [6.45, 7) is 2.24. The summed E-state index contributed by atoms with van der Waals surface area (Å²) < 4.78 is 12.7. The van der Waals surface area contributed by atoms with Gasteiger partial charge in [-0.1, -0.05) is 25.5 Å². The molecule has 1 rings (SSSR count). The van der Waals surface area contributed by atoms with Gasteiger partial charge in [-0.25, -0.2) is 4.39 Å². The molecule has 4 heteroatoms. The number of halogens is 1. The Balaban J connectivity index is 2.28. The molecular formula is C15H22FNO2. The lowest BCUT2D eigenvalue weighted by Crippen LogP contribution is -2.25. The maximum atomic E-state index is 12.7. The number of carboxylic acids is 1. The number of nitrogens with two attached hydrogens (primary N) is 1. The zero-order chi connectivity index (χ0) is 14.3. The van der Waals surface area contributed by atoms with E-state index >= 15 is 0 Å². The predicted octanol–water partition coefficient (Wildman–Crippen LogP) is 2.83. The standard InChI is InChI=1S/C15H22FNO2/c1-11(9-13(10-17)15(18)19)3-2-4-12-5-7-14(16)8-6-12/h5-8,11,13H,2-4,9-10,17H2,1H3,(H,18,19). The summed E-state index contributed by atoms with van der Waals surface area (Å²) >= 11 is 0. The van der Waals surface area contributed by atoms with Crippen molar-refractivity contribution in [1.82, 2.24) is 0 Å². The minimum Gasteiger partial charge on any atom is -0.481 e. The summed E-state index contributed by atoms with van der Waals surface area (Å²) in [6, 6.07) is 6.52. The molecule has 106 valence electrons. The number of carbonyl (C=O) groups is 1. The Labute approximate surface area is 113 Å². The lowest BCUT2D eigenvalue weighted by Gasteiger charge is -2.16. The topological polar surface area (TPSA) is 63.3 Å². The zero-order valence-electron chi connectivity index (χ0n) is 11.3. The summed E-state index contributed by atoms with van der Waals surface area (Å²) in [4.78, 5) is 10.9. The minimum absolute atomic E-state index is 0.192. The molecule has 3 nitrogen and oxygen atoms in total. The van der Waals surface area contributed by atoms with E-state index in [1.165, 1.54) is 12.1 Å². The normalized spacial score (nSPS) is 14.1. The molecule has 0 aliphatic rings. The van der Waals surface area contributed by atoms with Crippen molar-refractivity contribution >= 4 is 5.97 Å².